The molecule has 2 aliphatic rings. The standard InChI is InChI=1S/C16H15N5OS/c22-16(10-4-5-13-14(8-10)19-23-18-13)20-6-7-21-15(9-20)11-2-1-3-12(11)17-21/h4-5,8H,1-3,6-7,9H2. The van der Waals surface area contributed by atoms with E-state index in [4.69, 9.17) is 5.10 Å². The predicted octanol–water partition coefficient (Wildman–Crippen LogP) is 2.03. The Morgan fingerprint density at radius 1 is 1.13 bits per heavy atom. The van der Waals surface area contributed by atoms with Gasteiger partial charge in [-0.05, 0) is 43.0 Å². The number of hydrogen-bond acceptors (Lipinski definition) is 5. The van der Waals surface area contributed by atoms with Gasteiger partial charge in [-0.2, -0.15) is 13.8 Å². The van der Waals surface area contributed by atoms with E-state index < -0.39 is 0 Å². The maximum absolute atomic E-state index is 12.8. The minimum atomic E-state index is 0.0686. The lowest BCUT2D eigenvalue weighted by Crippen LogP contribution is -2.38. The van der Waals surface area contributed by atoms with E-state index in [1.807, 2.05) is 23.1 Å². The van der Waals surface area contributed by atoms with Gasteiger partial charge in [0.2, 0.25) is 0 Å². The molecule has 0 bridgehead atoms. The number of amides is 1. The second-order valence-electron chi connectivity index (χ2n) is 6.14. The molecule has 0 N–H and O–H groups in total. The van der Waals surface area contributed by atoms with Crippen LogP contribution < -0.4 is 0 Å². The third-order valence-corrected chi connectivity index (χ3v) is 5.36. The molecule has 0 saturated carbocycles. The summed E-state index contributed by atoms with van der Waals surface area (Å²) in [6.45, 7) is 2.16. The smallest absolute Gasteiger partial charge is 0.254 e. The van der Waals surface area contributed by atoms with Crippen LogP contribution in [0.1, 0.15) is 33.7 Å². The number of benzene rings is 1. The highest BCUT2D eigenvalue weighted by Crippen LogP contribution is 2.28. The summed E-state index contributed by atoms with van der Waals surface area (Å²) in [5, 5.41) is 4.69. The highest BCUT2D eigenvalue weighted by Gasteiger charge is 2.29. The number of aryl methyl sites for hydroxylation is 1. The van der Waals surface area contributed by atoms with Crippen LogP contribution in [0.4, 0.5) is 0 Å². The van der Waals surface area contributed by atoms with Crippen molar-refractivity contribution in [3.8, 4) is 0 Å². The summed E-state index contributed by atoms with van der Waals surface area (Å²) >= 11 is 1.18. The van der Waals surface area contributed by atoms with Crippen LogP contribution in [-0.2, 0) is 25.9 Å². The van der Waals surface area contributed by atoms with Crippen molar-refractivity contribution in [2.75, 3.05) is 6.54 Å². The number of carbonyl (C=O) groups excluding carboxylic acids is 1. The predicted molar refractivity (Wildman–Crippen MR) is 86.4 cm³/mol. The Morgan fingerprint density at radius 2 is 2.04 bits per heavy atom. The van der Waals surface area contributed by atoms with Gasteiger partial charge in [0.05, 0.1) is 36.2 Å². The molecule has 1 aromatic carbocycles. The van der Waals surface area contributed by atoms with Gasteiger partial charge >= 0.3 is 0 Å². The van der Waals surface area contributed by atoms with E-state index >= 15 is 0 Å². The van der Waals surface area contributed by atoms with Crippen LogP contribution in [-0.4, -0.2) is 35.9 Å². The fourth-order valence-corrected chi connectivity index (χ4v) is 4.14. The monoisotopic (exact) mass is 325 g/mol. The average Bonchev–Trinajstić information content (AvgIpc) is 3.28. The third-order valence-electron chi connectivity index (χ3n) is 4.80. The first-order valence-electron chi connectivity index (χ1n) is 7.88. The Balaban J connectivity index is 1.46. The molecule has 0 atom stereocenters. The van der Waals surface area contributed by atoms with Crippen molar-refractivity contribution < 1.29 is 4.79 Å². The first-order valence-corrected chi connectivity index (χ1v) is 8.61. The lowest BCUT2D eigenvalue weighted by atomic mass is 10.1. The van der Waals surface area contributed by atoms with Crippen molar-refractivity contribution in [3.05, 3.63) is 40.7 Å². The number of rotatable bonds is 1. The van der Waals surface area contributed by atoms with E-state index in [9.17, 15) is 4.79 Å². The summed E-state index contributed by atoms with van der Waals surface area (Å²) in [5.41, 5.74) is 6.18. The molecule has 6 nitrogen and oxygen atoms in total. The number of fused-ring (bicyclic) bond motifs is 4. The normalized spacial score (nSPS) is 16.6. The van der Waals surface area contributed by atoms with Crippen LogP contribution in [0.3, 0.4) is 0 Å². The largest absolute Gasteiger partial charge is 0.331 e. The van der Waals surface area contributed by atoms with Gasteiger partial charge in [0.15, 0.2) is 0 Å². The Hall–Kier alpha value is -2.28. The topological polar surface area (TPSA) is 63.9 Å². The van der Waals surface area contributed by atoms with E-state index in [1.165, 1.54) is 35.1 Å². The maximum Gasteiger partial charge on any atom is 0.254 e. The van der Waals surface area contributed by atoms with E-state index in [0.29, 0.717) is 18.7 Å². The number of hydrogen-bond donors (Lipinski definition) is 0. The Kier molecular flexibility index (Phi) is 2.78. The van der Waals surface area contributed by atoms with Crippen LogP contribution in [0.5, 0.6) is 0 Å². The van der Waals surface area contributed by atoms with Gasteiger partial charge in [-0.1, -0.05) is 0 Å². The first-order chi connectivity index (χ1) is 11.3. The fourth-order valence-electron chi connectivity index (χ4n) is 3.62. The summed E-state index contributed by atoms with van der Waals surface area (Å²) in [7, 11) is 0. The van der Waals surface area contributed by atoms with E-state index in [2.05, 4.69) is 13.4 Å². The number of nitrogens with zero attached hydrogens (tertiary/aromatic N) is 5. The summed E-state index contributed by atoms with van der Waals surface area (Å²) in [6.07, 6.45) is 3.37. The maximum atomic E-state index is 12.8. The Bertz CT molecular complexity index is 928. The van der Waals surface area contributed by atoms with Crippen molar-refractivity contribution in [1.29, 1.82) is 0 Å². The molecular weight excluding hydrogens is 310 g/mol. The van der Waals surface area contributed by atoms with Gasteiger partial charge in [0, 0.05) is 12.1 Å². The third kappa shape index (κ3) is 1.99. The second-order valence-corrected chi connectivity index (χ2v) is 6.67. The first kappa shape index (κ1) is 13.2. The molecule has 5 rings (SSSR count). The van der Waals surface area contributed by atoms with Crippen molar-refractivity contribution in [1.82, 2.24) is 23.4 Å². The van der Waals surface area contributed by atoms with Gasteiger partial charge in [-0.25, -0.2) is 0 Å². The Morgan fingerprint density at radius 3 is 3.00 bits per heavy atom. The molecule has 0 fully saturated rings. The second kappa shape index (κ2) is 4.86. The summed E-state index contributed by atoms with van der Waals surface area (Å²) in [5.74, 6) is 0.0686. The van der Waals surface area contributed by atoms with Crippen LogP contribution in [0.2, 0.25) is 0 Å². The number of aromatic nitrogens is 4. The van der Waals surface area contributed by atoms with Gasteiger partial charge in [-0.15, -0.1) is 0 Å². The highest BCUT2D eigenvalue weighted by atomic mass is 32.1. The lowest BCUT2D eigenvalue weighted by Gasteiger charge is -2.28. The molecule has 0 spiro atoms. The van der Waals surface area contributed by atoms with Crippen molar-refractivity contribution in [2.45, 2.75) is 32.4 Å². The minimum absolute atomic E-state index is 0.0686. The zero-order chi connectivity index (χ0) is 15.4. The van der Waals surface area contributed by atoms with Crippen LogP contribution >= 0.6 is 11.7 Å². The lowest BCUT2D eigenvalue weighted by molar-refractivity contribution is 0.0705. The minimum Gasteiger partial charge on any atom is -0.331 e. The van der Waals surface area contributed by atoms with Gasteiger partial charge < -0.3 is 4.90 Å². The van der Waals surface area contributed by atoms with E-state index in [-0.39, 0.29) is 5.91 Å². The number of carbonyl (C=O) groups is 1. The van der Waals surface area contributed by atoms with Crippen molar-refractivity contribution in [3.63, 3.8) is 0 Å². The zero-order valence-corrected chi connectivity index (χ0v) is 13.3. The molecule has 1 aliphatic carbocycles. The fraction of sp³-hybridized carbons (Fsp3) is 0.375. The highest BCUT2D eigenvalue weighted by molar-refractivity contribution is 7.00. The molecule has 116 valence electrons. The van der Waals surface area contributed by atoms with Gasteiger partial charge in [0.25, 0.3) is 5.91 Å². The Labute approximate surface area is 137 Å². The van der Waals surface area contributed by atoms with Crippen molar-refractivity contribution >= 4 is 28.7 Å². The molecule has 0 saturated heterocycles. The quantitative estimate of drug-likeness (QED) is 0.687. The molecule has 0 radical (unpaired) electrons. The molecule has 3 heterocycles. The average molecular weight is 325 g/mol. The molecule has 23 heavy (non-hydrogen) atoms. The molecule has 0 unspecified atom stereocenters. The molecule has 1 amide bonds. The zero-order valence-electron chi connectivity index (χ0n) is 12.5. The molecule has 7 heteroatoms. The molecule has 2 aromatic heterocycles. The van der Waals surface area contributed by atoms with E-state index in [1.54, 1.807) is 0 Å². The van der Waals surface area contributed by atoms with Crippen molar-refractivity contribution in [2.24, 2.45) is 0 Å². The summed E-state index contributed by atoms with van der Waals surface area (Å²) in [4.78, 5) is 14.8. The van der Waals surface area contributed by atoms with Crippen LogP contribution in [0.15, 0.2) is 18.2 Å². The van der Waals surface area contributed by atoms with Crippen LogP contribution in [0, 0.1) is 0 Å². The summed E-state index contributed by atoms with van der Waals surface area (Å²) in [6, 6.07) is 5.57. The van der Waals surface area contributed by atoms with E-state index in [0.717, 1.165) is 30.4 Å². The molecule has 3 aromatic rings. The van der Waals surface area contributed by atoms with Crippen LogP contribution in [0.25, 0.3) is 11.0 Å². The molecular formula is C16H15N5OS. The summed E-state index contributed by atoms with van der Waals surface area (Å²) < 4.78 is 10.5. The SMILES string of the molecule is O=C(c1ccc2nsnc2c1)N1CCn2nc3c(c2C1)CCC3. The van der Waals surface area contributed by atoms with Gasteiger partial charge in [-0.3, -0.25) is 9.48 Å². The van der Waals surface area contributed by atoms with Gasteiger partial charge in [0.1, 0.15) is 11.0 Å². The molecule has 1 aliphatic heterocycles.